The molecule has 0 fully saturated rings. The summed E-state index contributed by atoms with van der Waals surface area (Å²) in [5, 5.41) is 11.8. The van der Waals surface area contributed by atoms with Gasteiger partial charge in [-0.1, -0.05) is 65.1 Å². The fraction of sp³-hybridized carbons (Fsp3) is 0.167. The van der Waals surface area contributed by atoms with Crippen LogP contribution in [0.25, 0.3) is 10.8 Å². The Hall–Kier alpha value is -0.610. The zero-order valence-electron chi connectivity index (χ0n) is 7.65. The third kappa shape index (κ3) is 2.07. The molecule has 0 saturated heterocycles. The third-order valence-electron chi connectivity index (χ3n) is 2.27. The summed E-state index contributed by atoms with van der Waals surface area (Å²) in [6, 6.07) is 14.5. The highest BCUT2D eigenvalue weighted by atomic mass is 127. The second-order valence-corrected chi connectivity index (χ2v) is 4.71. The molecule has 1 nitrogen and oxygen atoms in total. The van der Waals surface area contributed by atoms with Gasteiger partial charge in [0.1, 0.15) is 4.11 Å². The van der Waals surface area contributed by atoms with Crippen molar-refractivity contribution in [2.75, 3.05) is 0 Å². The highest BCUT2D eigenvalue weighted by Gasteiger charge is 2.03. The van der Waals surface area contributed by atoms with Crippen molar-refractivity contribution < 1.29 is 5.11 Å². The van der Waals surface area contributed by atoms with Gasteiger partial charge in [-0.25, -0.2) is 0 Å². The van der Waals surface area contributed by atoms with Gasteiger partial charge in [-0.3, -0.25) is 0 Å². The Kier molecular flexibility index (Phi) is 3.03. The number of benzene rings is 2. The van der Waals surface area contributed by atoms with E-state index in [1.54, 1.807) is 0 Å². The van der Waals surface area contributed by atoms with Gasteiger partial charge in [0.05, 0.1) is 0 Å². The lowest BCUT2D eigenvalue weighted by molar-refractivity contribution is 0.280. The van der Waals surface area contributed by atoms with Gasteiger partial charge in [-0.15, -0.1) is 0 Å². The van der Waals surface area contributed by atoms with Gasteiger partial charge in [0.25, 0.3) is 0 Å². The Bertz CT molecular complexity index is 432. The van der Waals surface area contributed by atoms with Gasteiger partial charge in [-0.2, -0.15) is 0 Å². The minimum atomic E-state index is -0.307. The van der Waals surface area contributed by atoms with Crippen LogP contribution in [0.15, 0.2) is 42.5 Å². The average molecular weight is 298 g/mol. The minimum Gasteiger partial charge on any atom is -0.382 e. The molecule has 1 unspecified atom stereocenters. The van der Waals surface area contributed by atoms with Crippen molar-refractivity contribution in [3.63, 3.8) is 0 Å². The Balaban J connectivity index is 2.53. The number of hydrogen-bond donors (Lipinski definition) is 1. The van der Waals surface area contributed by atoms with Crippen LogP contribution in [0.2, 0.25) is 0 Å². The summed E-state index contributed by atoms with van der Waals surface area (Å²) in [5.41, 5.74) is 1.21. The van der Waals surface area contributed by atoms with E-state index < -0.39 is 0 Å². The normalized spacial score (nSPS) is 13.0. The van der Waals surface area contributed by atoms with Crippen LogP contribution in [-0.4, -0.2) is 9.22 Å². The fourth-order valence-electron chi connectivity index (χ4n) is 1.65. The number of hydrogen-bond acceptors (Lipinski definition) is 1. The van der Waals surface area contributed by atoms with Crippen molar-refractivity contribution in [2.24, 2.45) is 0 Å². The predicted molar refractivity (Wildman–Crippen MR) is 67.7 cm³/mol. The Labute approximate surface area is 96.9 Å². The number of alkyl halides is 1. The quantitative estimate of drug-likeness (QED) is 0.667. The monoisotopic (exact) mass is 298 g/mol. The van der Waals surface area contributed by atoms with Crippen LogP contribution in [0.1, 0.15) is 5.56 Å². The highest BCUT2D eigenvalue weighted by molar-refractivity contribution is 14.1. The number of rotatable bonds is 2. The maximum Gasteiger partial charge on any atom is 0.109 e. The Morgan fingerprint density at radius 3 is 2.57 bits per heavy atom. The van der Waals surface area contributed by atoms with E-state index in [2.05, 4.69) is 24.3 Å². The molecule has 0 radical (unpaired) electrons. The summed E-state index contributed by atoms with van der Waals surface area (Å²) in [4.78, 5) is 0. The second-order valence-electron chi connectivity index (χ2n) is 3.28. The molecule has 2 aromatic rings. The van der Waals surface area contributed by atoms with Gasteiger partial charge in [-0.05, 0) is 16.3 Å². The molecular weight excluding hydrogens is 287 g/mol. The van der Waals surface area contributed by atoms with Crippen LogP contribution < -0.4 is 0 Å². The molecule has 0 bridgehead atoms. The molecule has 72 valence electrons. The van der Waals surface area contributed by atoms with E-state index in [1.165, 1.54) is 16.3 Å². The summed E-state index contributed by atoms with van der Waals surface area (Å²) in [6.45, 7) is 0. The Morgan fingerprint density at radius 1 is 1.07 bits per heavy atom. The molecule has 0 spiro atoms. The molecule has 0 saturated carbocycles. The number of fused-ring (bicyclic) bond motifs is 1. The maximum absolute atomic E-state index is 9.35. The zero-order valence-corrected chi connectivity index (χ0v) is 9.81. The smallest absolute Gasteiger partial charge is 0.109 e. The average Bonchev–Trinajstić information content (AvgIpc) is 2.18. The van der Waals surface area contributed by atoms with Crippen LogP contribution in [0, 0.1) is 0 Å². The van der Waals surface area contributed by atoms with E-state index in [4.69, 9.17) is 0 Å². The lowest BCUT2D eigenvalue weighted by Gasteiger charge is -2.07. The number of aliphatic hydroxyl groups is 1. The van der Waals surface area contributed by atoms with Crippen LogP contribution in [0.4, 0.5) is 0 Å². The van der Waals surface area contributed by atoms with Crippen LogP contribution in [0.5, 0.6) is 0 Å². The molecule has 0 aromatic heterocycles. The molecule has 0 aliphatic rings. The first kappa shape index (κ1) is 9.93. The van der Waals surface area contributed by atoms with Gasteiger partial charge < -0.3 is 5.11 Å². The second kappa shape index (κ2) is 4.28. The molecule has 2 rings (SSSR count). The standard InChI is InChI=1S/C12H11IO/c13-12(14)8-10-6-3-5-9-4-1-2-7-11(9)10/h1-7,12,14H,8H2. The summed E-state index contributed by atoms with van der Waals surface area (Å²) in [7, 11) is 0. The SMILES string of the molecule is OC(I)Cc1cccc2ccccc12. The first-order valence-corrected chi connectivity index (χ1v) is 5.81. The zero-order chi connectivity index (χ0) is 9.97. The van der Waals surface area contributed by atoms with E-state index in [0.29, 0.717) is 6.42 Å². The van der Waals surface area contributed by atoms with Gasteiger partial charge in [0.2, 0.25) is 0 Å². The molecule has 2 aromatic carbocycles. The highest BCUT2D eigenvalue weighted by Crippen LogP contribution is 2.20. The molecular formula is C12H11IO. The van der Waals surface area contributed by atoms with Crippen LogP contribution in [0.3, 0.4) is 0 Å². The molecule has 0 aliphatic heterocycles. The molecule has 1 N–H and O–H groups in total. The maximum atomic E-state index is 9.35. The van der Waals surface area contributed by atoms with Gasteiger partial charge >= 0.3 is 0 Å². The summed E-state index contributed by atoms with van der Waals surface area (Å²) < 4.78 is -0.307. The minimum absolute atomic E-state index is 0.307. The van der Waals surface area contributed by atoms with Crippen LogP contribution in [-0.2, 0) is 6.42 Å². The van der Waals surface area contributed by atoms with E-state index in [9.17, 15) is 5.11 Å². The van der Waals surface area contributed by atoms with E-state index in [0.717, 1.165) is 0 Å². The van der Waals surface area contributed by atoms with Crippen LogP contribution >= 0.6 is 22.6 Å². The molecule has 14 heavy (non-hydrogen) atoms. The predicted octanol–water partition coefficient (Wildman–Crippen LogP) is 3.14. The summed E-state index contributed by atoms with van der Waals surface area (Å²) in [6.07, 6.45) is 0.710. The lowest BCUT2D eigenvalue weighted by atomic mass is 10.0. The van der Waals surface area contributed by atoms with E-state index in [-0.39, 0.29) is 4.11 Å². The van der Waals surface area contributed by atoms with Gasteiger partial charge in [0, 0.05) is 6.42 Å². The molecule has 0 amide bonds. The molecule has 1 atom stereocenters. The van der Waals surface area contributed by atoms with Crippen molar-refractivity contribution in [2.45, 2.75) is 10.5 Å². The van der Waals surface area contributed by atoms with E-state index in [1.807, 2.05) is 40.8 Å². The lowest BCUT2D eigenvalue weighted by Crippen LogP contribution is -2.00. The molecule has 2 heteroatoms. The first-order chi connectivity index (χ1) is 6.77. The topological polar surface area (TPSA) is 20.2 Å². The summed E-state index contributed by atoms with van der Waals surface area (Å²) in [5.74, 6) is 0. The number of aliphatic hydroxyl groups excluding tert-OH is 1. The third-order valence-corrected chi connectivity index (χ3v) is 2.71. The first-order valence-electron chi connectivity index (χ1n) is 4.56. The summed E-state index contributed by atoms with van der Waals surface area (Å²) >= 11 is 2.03. The van der Waals surface area contributed by atoms with E-state index >= 15 is 0 Å². The van der Waals surface area contributed by atoms with Crippen molar-refractivity contribution in [1.82, 2.24) is 0 Å². The fourth-order valence-corrected chi connectivity index (χ4v) is 2.13. The molecule has 0 heterocycles. The number of halogens is 1. The van der Waals surface area contributed by atoms with Crippen molar-refractivity contribution in [1.29, 1.82) is 0 Å². The van der Waals surface area contributed by atoms with Gasteiger partial charge in [0.15, 0.2) is 0 Å². The van der Waals surface area contributed by atoms with Crippen molar-refractivity contribution in [3.8, 4) is 0 Å². The van der Waals surface area contributed by atoms with Crippen molar-refractivity contribution in [3.05, 3.63) is 48.0 Å². The van der Waals surface area contributed by atoms with Crippen molar-refractivity contribution >= 4 is 33.4 Å². The molecule has 0 aliphatic carbocycles. The largest absolute Gasteiger partial charge is 0.382 e. The Morgan fingerprint density at radius 2 is 1.79 bits per heavy atom.